The molecule has 4 nitrogen and oxygen atoms in total. The molecule has 0 spiro atoms. The van der Waals surface area contributed by atoms with Gasteiger partial charge < -0.3 is 4.84 Å². The van der Waals surface area contributed by atoms with Crippen LogP contribution in [0.15, 0.2) is 6.33 Å². The Bertz CT molecular complexity index is 265. The lowest BCUT2D eigenvalue weighted by molar-refractivity contribution is 0.0677. The van der Waals surface area contributed by atoms with E-state index >= 15 is 0 Å². The zero-order chi connectivity index (χ0) is 8.55. The van der Waals surface area contributed by atoms with Gasteiger partial charge >= 0.3 is 0 Å². The molecule has 4 heteroatoms. The van der Waals surface area contributed by atoms with Crippen LogP contribution in [-0.4, -0.2) is 21.0 Å². The Hall–Kier alpha value is -1.06. The van der Waals surface area contributed by atoms with E-state index in [4.69, 9.17) is 4.84 Å². The van der Waals surface area contributed by atoms with E-state index in [1.165, 1.54) is 4.85 Å². The van der Waals surface area contributed by atoms with Crippen molar-refractivity contribution in [1.82, 2.24) is 14.9 Å². The van der Waals surface area contributed by atoms with Crippen molar-refractivity contribution in [2.75, 3.05) is 0 Å². The standard InChI is InChI=1S/C8H13N3O/c1-6(2)8-9-5-11(10-8)12-7-3-4-7/h5-7H,3-4H2,1-2H3. The van der Waals surface area contributed by atoms with Gasteiger partial charge in [0.1, 0.15) is 6.10 Å². The van der Waals surface area contributed by atoms with Crippen molar-refractivity contribution in [3.63, 3.8) is 0 Å². The number of hydrogen-bond donors (Lipinski definition) is 0. The highest BCUT2D eigenvalue weighted by Gasteiger charge is 2.24. The van der Waals surface area contributed by atoms with Crippen LogP contribution < -0.4 is 4.84 Å². The van der Waals surface area contributed by atoms with Crippen LogP contribution in [0.4, 0.5) is 0 Å². The predicted octanol–water partition coefficient (Wildman–Crippen LogP) is 0.992. The highest BCUT2D eigenvalue weighted by atomic mass is 16.7. The van der Waals surface area contributed by atoms with Gasteiger partial charge in [0.2, 0.25) is 0 Å². The molecule has 0 unspecified atom stereocenters. The number of aromatic nitrogens is 3. The first-order chi connectivity index (χ1) is 5.75. The Morgan fingerprint density at radius 3 is 2.83 bits per heavy atom. The van der Waals surface area contributed by atoms with E-state index in [0.717, 1.165) is 18.7 Å². The molecule has 1 heterocycles. The lowest BCUT2D eigenvalue weighted by Crippen LogP contribution is -2.14. The summed E-state index contributed by atoms with van der Waals surface area (Å²) in [6, 6.07) is 0. The van der Waals surface area contributed by atoms with Crippen molar-refractivity contribution in [3.05, 3.63) is 12.2 Å². The molecule has 1 fully saturated rings. The molecule has 1 aromatic rings. The molecule has 0 atom stereocenters. The molecule has 0 N–H and O–H groups in total. The lowest BCUT2D eigenvalue weighted by atomic mass is 10.2. The lowest BCUT2D eigenvalue weighted by Gasteiger charge is -2.00. The van der Waals surface area contributed by atoms with Gasteiger partial charge in [-0.1, -0.05) is 18.7 Å². The highest BCUT2D eigenvalue weighted by molar-refractivity contribution is 4.87. The topological polar surface area (TPSA) is 39.9 Å². The van der Waals surface area contributed by atoms with Crippen molar-refractivity contribution in [1.29, 1.82) is 0 Å². The van der Waals surface area contributed by atoms with Gasteiger partial charge in [0, 0.05) is 5.92 Å². The van der Waals surface area contributed by atoms with Crippen LogP contribution in [0.3, 0.4) is 0 Å². The second-order valence-electron chi connectivity index (χ2n) is 3.46. The minimum Gasteiger partial charge on any atom is -0.392 e. The van der Waals surface area contributed by atoms with Crippen molar-refractivity contribution in [3.8, 4) is 0 Å². The van der Waals surface area contributed by atoms with E-state index in [9.17, 15) is 0 Å². The molecule has 0 aromatic carbocycles. The normalized spacial score (nSPS) is 16.9. The van der Waals surface area contributed by atoms with Crippen LogP contribution in [0.2, 0.25) is 0 Å². The summed E-state index contributed by atoms with van der Waals surface area (Å²) in [5.74, 6) is 1.21. The Morgan fingerprint density at radius 2 is 2.33 bits per heavy atom. The van der Waals surface area contributed by atoms with E-state index in [0.29, 0.717) is 12.0 Å². The second kappa shape index (κ2) is 2.77. The fraction of sp³-hybridized carbons (Fsp3) is 0.750. The van der Waals surface area contributed by atoms with Crippen molar-refractivity contribution in [2.45, 2.75) is 38.7 Å². The zero-order valence-corrected chi connectivity index (χ0v) is 7.40. The third kappa shape index (κ3) is 1.57. The summed E-state index contributed by atoms with van der Waals surface area (Å²) in [5.41, 5.74) is 0. The SMILES string of the molecule is CC(C)c1ncn(OC2CC2)n1. The predicted molar refractivity (Wildman–Crippen MR) is 43.7 cm³/mol. The van der Waals surface area contributed by atoms with Crippen LogP contribution in [0.5, 0.6) is 0 Å². The minimum absolute atomic E-state index is 0.369. The maximum Gasteiger partial charge on any atom is 0.156 e. The second-order valence-corrected chi connectivity index (χ2v) is 3.46. The molecule has 0 bridgehead atoms. The summed E-state index contributed by atoms with van der Waals surface area (Å²) < 4.78 is 0. The number of nitrogens with zero attached hydrogens (tertiary/aromatic N) is 3. The smallest absolute Gasteiger partial charge is 0.156 e. The molecule has 2 rings (SSSR count). The fourth-order valence-electron chi connectivity index (χ4n) is 0.903. The molecule has 0 radical (unpaired) electrons. The van der Waals surface area contributed by atoms with Gasteiger partial charge in [0.15, 0.2) is 12.2 Å². The summed E-state index contributed by atoms with van der Waals surface area (Å²) in [5, 5.41) is 4.17. The van der Waals surface area contributed by atoms with Crippen molar-refractivity contribution >= 4 is 0 Å². The minimum atomic E-state index is 0.369. The van der Waals surface area contributed by atoms with E-state index in [1.54, 1.807) is 6.33 Å². The monoisotopic (exact) mass is 167 g/mol. The first-order valence-electron chi connectivity index (χ1n) is 4.34. The third-order valence-corrected chi connectivity index (χ3v) is 1.79. The van der Waals surface area contributed by atoms with E-state index in [2.05, 4.69) is 23.9 Å². The highest BCUT2D eigenvalue weighted by Crippen LogP contribution is 2.20. The maximum atomic E-state index is 5.40. The number of rotatable bonds is 3. The Kier molecular flexibility index (Phi) is 1.75. The van der Waals surface area contributed by atoms with Gasteiger partial charge in [-0.25, -0.2) is 4.98 Å². The van der Waals surface area contributed by atoms with Gasteiger partial charge in [0.05, 0.1) is 0 Å². The molecular formula is C8H13N3O. The van der Waals surface area contributed by atoms with E-state index in [1.807, 2.05) is 0 Å². The van der Waals surface area contributed by atoms with E-state index < -0.39 is 0 Å². The Labute approximate surface area is 71.5 Å². The van der Waals surface area contributed by atoms with Crippen LogP contribution in [0.1, 0.15) is 38.4 Å². The Morgan fingerprint density at radius 1 is 1.58 bits per heavy atom. The largest absolute Gasteiger partial charge is 0.392 e. The first kappa shape index (κ1) is 7.58. The molecule has 1 aliphatic carbocycles. The summed E-state index contributed by atoms with van der Waals surface area (Å²) in [6.07, 6.45) is 4.31. The summed E-state index contributed by atoms with van der Waals surface area (Å²) in [7, 11) is 0. The fourth-order valence-corrected chi connectivity index (χ4v) is 0.903. The molecule has 0 saturated heterocycles. The molecule has 1 saturated carbocycles. The maximum absolute atomic E-state index is 5.40. The number of hydrogen-bond acceptors (Lipinski definition) is 3. The average Bonchev–Trinajstić information content (AvgIpc) is 2.66. The van der Waals surface area contributed by atoms with Gasteiger partial charge in [-0.15, -0.1) is 5.10 Å². The zero-order valence-electron chi connectivity index (χ0n) is 7.40. The summed E-state index contributed by atoms with van der Waals surface area (Å²) in [4.78, 5) is 11.0. The van der Waals surface area contributed by atoms with Gasteiger partial charge in [-0.05, 0) is 12.8 Å². The van der Waals surface area contributed by atoms with Gasteiger partial charge in [0.25, 0.3) is 0 Å². The average molecular weight is 167 g/mol. The summed E-state index contributed by atoms with van der Waals surface area (Å²) >= 11 is 0. The van der Waals surface area contributed by atoms with Crippen LogP contribution in [-0.2, 0) is 0 Å². The quantitative estimate of drug-likeness (QED) is 0.674. The van der Waals surface area contributed by atoms with Crippen LogP contribution in [0, 0.1) is 0 Å². The molecule has 1 aromatic heterocycles. The van der Waals surface area contributed by atoms with E-state index in [-0.39, 0.29) is 0 Å². The summed E-state index contributed by atoms with van der Waals surface area (Å²) in [6.45, 7) is 4.13. The van der Waals surface area contributed by atoms with Crippen molar-refractivity contribution < 1.29 is 4.84 Å². The molecule has 12 heavy (non-hydrogen) atoms. The van der Waals surface area contributed by atoms with Gasteiger partial charge in [-0.3, -0.25) is 0 Å². The molecule has 0 amide bonds. The van der Waals surface area contributed by atoms with Crippen molar-refractivity contribution in [2.24, 2.45) is 0 Å². The third-order valence-electron chi connectivity index (χ3n) is 1.79. The first-order valence-corrected chi connectivity index (χ1v) is 4.34. The molecule has 0 aliphatic heterocycles. The molecule has 1 aliphatic rings. The van der Waals surface area contributed by atoms with Gasteiger partial charge in [-0.2, -0.15) is 0 Å². The van der Waals surface area contributed by atoms with Crippen LogP contribution in [0.25, 0.3) is 0 Å². The molecular weight excluding hydrogens is 154 g/mol. The van der Waals surface area contributed by atoms with Crippen LogP contribution >= 0.6 is 0 Å². The molecule has 66 valence electrons. The Balaban J connectivity index is 2.02.